The fourth-order valence-corrected chi connectivity index (χ4v) is 5.54. The monoisotopic (exact) mass is 559 g/mol. The van der Waals surface area contributed by atoms with Crippen LogP contribution in [-0.4, -0.2) is 46.4 Å². The summed E-state index contributed by atoms with van der Waals surface area (Å²) in [5.41, 5.74) is 6.13. The molecule has 2 aromatic rings. The third-order valence-corrected chi connectivity index (χ3v) is 7.59. The first-order valence-corrected chi connectivity index (χ1v) is 14.3. The Bertz CT molecular complexity index is 1330. The van der Waals surface area contributed by atoms with Crippen LogP contribution in [0.2, 0.25) is 0 Å². The maximum Gasteiger partial charge on any atom is 0.408 e. The van der Waals surface area contributed by atoms with Gasteiger partial charge in [0.05, 0.1) is 12.3 Å². The van der Waals surface area contributed by atoms with E-state index in [0.717, 1.165) is 56.3 Å². The molecule has 0 bridgehead atoms. The molecule has 1 aromatic carbocycles. The summed E-state index contributed by atoms with van der Waals surface area (Å²) in [6.07, 6.45) is 18.0. The second kappa shape index (κ2) is 14.0. The van der Waals surface area contributed by atoms with Gasteiger partial charge in [-0.25, -0.2) is 9.59 Å². The molecule has 1 aliphatic heterocycles. The fourth-order valence-electron chi connectivity index (χ4n) is 5.54. The maximum atomic E-state index is 12.0. The number of carbonyl (C=O) groups excluding carboxylic acids is 1. The number of aromatic nitrogens is 1. The molecule has 2 N–H and O–H groups in total. The number of allylic oxidation sites excluding steroid dienone is 6. The molecule has 0 fully saturated rings. The van der Waals surface area contributed by atoms with E-state index in [2.05, 4.69) is 45.8 Å². The van der Waals surface area contributed by atoms with Crippen LogP contribution in [0.3, 0.4) is 0 Å². The largest absolute Gasteiger partial charge is 0.480 e. The highest BCUT2D eigenvalue weighted by Crippen LogP contribution is 2.45. The number of carbonyl (C=O) groups is 2. The van der Waals surface area contributed by atoms with Gasteiger partial charge in [0.2, 0.25) is 0 Å². The van der Waals surface area contributed by atoms with Crippen molar-refractivity contribution in [2.45, 2.75) is 64.2 Å². The van der Waals surface area contributed by atoms with Crippen molar-refractivity contribution in [2.24, 2.45) is 5.92 Å². The predicted molar refractivity (Wildman–Crippen MR) is 152 cm³/mol. The summed E-state index contributed by atoms with van der Waals surface area (Å²) < 4.78 is 16.0. The van der Waals surface area contributed by atoms with Gasteiger partial charge in [0.15, 0.2) is 11.8 Å². The summed E-state index contributed by atoms with van der Waals surface area (Å²) in [6.45, 7) is 0.895. The van der Waals surface area contributed by atoms with E-state index < -0.39 is 18.1 Å². The number of amides is 1. The normalized spacial score (nSPS) is 18.1. The number of aliphatic carboxylic acids is 1. The number of nitrogens with one attached hydrogen (secondary N) is 1. The van der Waals surface area contributed by atoms with Crippen molar-refractivity contribution in [3.05, 3.63) is 101 Å². The zero-order valence-electron chi connectivity index (χ0n) is 23.2. The second-order valence-electron chi connectivity index (χ2n) is 10.5. The minimum Gasteiger partial charge on any atom is -0.480 e. The Balaban J connectivity index is 0.993. The van der Waals surface area contributed by atoms with Gasteiger partial charge in [-0.3, -0.25) is 0 Å². The molecule has 2 aliphatic carbocycles. The van der Waals surface area contributed by atoms with Crippen molar-refractivity contribution >= 4 is 12.1 Å². The number of unbranched alkanes of at least 4 members (excludes halogenated alkanes) is 2. The van der Waals surface area contributed by atoms with Crippen LogP contribution in [0.5, 0.6) is 0 Å². The molecule has 3 aliphatic rings. The van der Waals surface area contributed by atoms with Crippen LogP contribution in [-0.2, 0) is 33.9 Å². The van der Waals surface area contributed by atoms with Crippen LogP contribution in [0.1, 0.15) is 55.5 Å². The van der Waals surface area contributed by atoms with E-state index in [0.29, 0.717) is 11.7 Å². The topological polar surface area (TPSA) is 114 Å². The molecule has 1 unspecified atom stereocenters. The highest BCUT2D eigenvalue weighted by atomic mass is 16.6. The Kier molecular flexibility index (Phi) is 9.69. The number of aryl methyl sites for hydroxylation is 1. The highest BCUT2D eigenvalue weighted by molar-refractivity contribution is 5.80. The third kappa shape index (κ3) is 7.55. The van der Waals surface area contributed by atoms with E-state index in [9.17, 15) is 14.7 Å². The van der Waals surface area contributed by atoms with Gasteiger partial charge in [0, 0.05) is 29.9 Å². The van der Waals surface area contributed by atoms with Gasteiger partial charge in [-0.05, 0) is 61.8 Å². The Labute approximate surface area is 240 Å². The molecular formula is C32H37N3O6. The van der Waals surface area contributed by atoms with Gasteiger partial charge in [-0.15, -0.1) is 0 Å². The standard InChI is InChI=1S/C32H37N3O6/c36-31(37)28(33-32(38)40-20-23-11-3-1-4-12-23)22-39-21-25-19-24(34-41-25)13-5-2-10-18-35-29-16-8-6-14-26(29)27-15-7-9-17-30(27)35/h1,3-4,6,8-9,11-12,16-17,19,26,28H,2,5,7,10,13-15,18,20-22H2,(H,33,38)(H,36,37)/t26?,28-/m0/s1. The van der Waals surface area contributed by atoms with E-state index in [4.69, 9.17) is 14.0 Å². The Morgan fingerprint density at radius 1 is 1.15 bits per heavy atom. The molecule has 0 radical (unpaired) electrons. The number of hydrogen-bond acceptors (Lipinski definition) is 7. The third-order valence-electron chi connectivity index (χ3n) is 7.59. The summed E-state index contributed by atoms with van der Waals surface area (Å²) in [4.78, 5) is 26.1. The molecular weight excluding hydrogens is 522 g/mol. The summed E-state index contributed by atoms with van der Waals surface area (Å²) in [7, 11) is 0. The summed E-state index contributed by atoms with van der Waals surface area (Å²) in [5, 5.41) is 15.9. The predicted octanol–water partition coefficient (Wildman–Crippen LogP) is 5.66. The van der Waals surface area contributed by atoms with Crippen molar-refractivity contribution in [3.8, 4) is 0 Å². The zero-order valence-corrected chi connectivity index (χ0v) is 23.2. The number of fused-ring (bicyclic) bond motifs is 2. The molecule has 1 amide bonds. The van der Waals surface area contributed by atoms with Gasteiger partial charge in [0.25, 0.3) is 0 Å². The van der Waals surface area contributed by atoms with E-state index in [1.54, 1.807) is 5.57 Å². The highest BCUT2D eigenvalue weighted by Gasteiger charge is 2.35. The smallest absolute Gasteiger partial charge is 0.408 e. The number of hydrogen-bond donors (Lipinski definition) is 2. The van der Waals surface area contributed by atoms with Crippen LogP contribution in [0.25, 0.3) is 0 Å². The fraction of sp³-hybridized carbons (Fsp3) is 0.406. The number of alkyl carbamates (subject to hydrolysis) is 1. The number of carboxylic acid groups (broad SMARTS) is 1. The Morgan fingerprint density at radius 3 is 2.88 bits per heavy atom. The van der Waals surface area contributed by atoms with E-state index in [-0.39, 0.29) is 19.8 Å². The quantitative estimate of drug-likeness (QED) is 0.285. The maximum absolute atomic E-state index is 12.0. The number of rotatable bonds is 14. The molecule has 0 saturated heterocycles. The molecule has 9 nitrogen and oxygen atoms in total. The number of carboxylic acids is 1. The molecule has 0 spiro atoms. The van der Waals surface area contributed by atoms with Crippen molar-refractivity contribution in [1.29, 1.82) is 0 Å². The molecule has 2 heterocycles. The number of ether oxygens (including phenoxy) is 2. The SMILES string of the molecule is O=C(N[C@@H](COCc1cc(CCCCCN2C3=CC=CCC3C3=C2C=CCC3)no1)C(=O)O)OCc1ccccc1. The van der Waals surface area contributed by atoms with Crippen molar-refractivity contribution < 1.29 is 28.7 Å². The second-order valence-corrected chi connectivity index (χ2v) is 10.5. The number of benzene rings is 1. The summed E-state index contributed by atoms with van der Waals surface area (Å²) in [6, 6.07) is 9.74. The first-order chi connectivity index (χ1) is 20.1. The van der Waals surface area contributed by atoms with E-state index in [1.165, 1.54) is 17.8 Å². The molecule has 216 valence electrons. The van der Waals surface area contributed by atoms with Gasteiger partial charge in [0.1, 0.15) is 13.2 Å². The van der Waals surface area contributed by atoms with Crippen molar-refractivity contribution in [2.75, 3.05) is 13.2 Å². The minimum absolute atomic E-state index is 0.0471. The lowest BCUT2D eigenvalue weighted by molar-refractivity contribution is -0.141. The minimum atomic E-state index is -1.25. The molecule has 2 atom stereocenters. The van der Waals surface area contributed by atoms with Crippen LogP contribution < -0.4 is 5.32 Å². The first-order valence-electron chi connectivity index (χ1n) is 14.3. The van der Waals surface area contributed by atoms with E-state index >= 15 is 0 Å². The molecule has 0 saturated carbocycles. The van der Waals surface area contributed by atoms with Gasteiger partial charge >= 0.3 is 12.1 Å². The molecule has 5 rings (SSSR count). The summed E-state index contributed by atoms with van der Waals surface area (Å²) >= 11 is 0. The first kappa shape index (κ1) is 28.4. The average Bonchev–Trinajstić information content (AvgIpc) is 3.58. The Hall–Kier alpha value is -4.11. The van der Waals surface area contributed by atoms with Crippen LogP contribution in [0.4, 0.5) is 4.79 Å². The van der Waals surface area contributed by atoms with Gasteiger partial charge in [-0.1, -0.05) is 60.1 Å². The number of nitrogens with zero attached hydrogens (tertiary/aromatic N) is 2. The van der Waals surface area contributed by atoms with Gasteiger partial charge in [-0.2, -0.15) is 0 Å². The summed E-state index contributed by atoms with van der Waals surface area (Å²) in [5.74, 6) is -0.141. The molecule has 41 heavy (non-hydrogen) atoms. The lowest BCUT2D eigenvalue weighted by Gasteiger charge is -2.26. The van der Waals surface area contributed by atoms with Crippen molar-refractivity contribution in [3.63, 3.8) is 0 Å². The van der Waals surface area contributed by atoms with E-state index in [1.807, 2.05) is 36.4 Å². The zero-order chi connectivity index (χ0) is 28.4. The van der Waals surface area contributed by atoms with Crippen LogP contribution >= 0.6 is 0 Å². The molecule has 1 aromatic heterocycles. The molecule has 9 heteroatoms. The van der Waals surface area contributed by atoms with Crippen LogP contribution in [0.15, 0.2) is 88.3 Å². The average molecular weight is 560 g/mol. The van der Waals surface area contributed by atoms with Crippen LogP contribution in [0, 0.1) is 5.92 Å². The lowest BCUT2D eigenvalue weighted by Crippen LogP contribution is -2.44. The lowest BCUT2D eigenvalue weighted by atomic mass is 9.87. The Morgan fingerprint density at radius 2 is 2.02 bits per heavy atom. The van der Waals surface area contributed by atoms with Gasteiger partial charge < -0.3 is 29.3 Å². The van der Waals surface area contributed by atoms with Crippen molar-refractivity contribution in [1.82, 2.24) is 15.4 Å².